The molecule has 120 valence electrons. The van der Waals surface area contributed by atoms with Gasteiger partial charge in [-0.15, -0.1) is 0 Å². The van der Waals surface area contributed by atoms with Gasteiger partial charge in [0.05, 0.1) is 6.20 Å². The second-order valence-electron chi connectivity index (χ2n) is 6.07. The van der Waals surface area contributed by atoms with Gasteiger partial charge in [-0.25, -0.2) is 0 Å². The van der Waals surface area contributed by atoms with Crippen LogP contribution in [0.2, 0.25) is 0 Å². The van der Waals surface area contributed by atoms with Gasteiger partial charge in [0.15, 0.2) is 0 Å². The van der Waals surface area contributed by atoms with Crippen molar-refractivity contribution < 1.29 is 9.59 Å². The van der Waals surface area contributed by atoms with Gasteiger partial charge < -0.3 is 11.1 Å². The van der Waals surface area contributed by atoms with Crippen molar-refractivity contribution in [1.29, 1.82) is 0 Å². The van der Waals surface area contributed by atoms with Crippen molar-refractivity contribution in [2.75, 3.05) is 0 Å². The number of carbonyl (C=O) groups is 2. The molecule has 1 aromatic carbocycles. The molecule has 1 saturated carbocycles. The number of primary amides is 1. The van der Waals surface area contributed by atoms with E-state index in [2.05, 4.69) is 10.4 Å². The lowest BCUT2D eigenvalue weighted by Crippen LogP contribution is -2.42. The maximum Gasteiger partial charge on any atom is 0.251 e. The van der Waals surface area contributed by atoms with Crippen LogP contribution < -0.4 is 11.1 Å². The molecule has 0 spiro atoms. The van der Waals surface area contributed by atoms with Gasteiger partial charge in [-0.3, -0.25) is 14.3 Å². The fourth-order valence-electron chi connectivity index (χ4n) is 2.37. The number of amides is 2. The highest BCUT2D eigenvalue weighted by molar-refractivity contribution is 5.98. The minimum absolute atomic E-state index is 0.316. The number of carbonyl (C=O) groups excluding carboxylic acids is 2. The number of hydrogen-bond donors (Lipinski definition) is 2. The van der Waals surface area contributed by atoms with Gasteiger partial charge in [0.2, 0.25) is 5.91 Å². The number of nitrogens with zero attached hydrogens (tertiary/aromatic N) is 2. The lowest BCUT2D eigenvalue weighted by atomic mass is 10.1. The first-order valence-corrected chi connectivity index (χ1v) is 7.76. The zero-order valence-corrected chi connectivity index (χ0v) is 13.0. The summed E-state index contributed by atoms with van der Waals surface area (Å²) in [7, 11) is 0. The van der Waals surface area contributed by atoms with Crippen LogP contribution in [0.1, 0.15) is 30.1 Å². The second kappa shape index (κ2) is 6.24. The normalized spacial score (nSPS) is 15.2. The molecule has 0 unspecified atom stereocenters. The van der Waals surface area contributed by atoms with E-state index in [-0.39, 0.29) is 5.91 Å². The number of hydrogen-bond acceptors (Lipinski definition) is 3. The quantitative estimate of drug-likeness (QED) is 0.848. The smallest absolute Gasteiger partial charge is 0.251 e. The molecule has 1 aromatic heterocycles. The Labute approximate surface area is 134 Å². The molecule has 6 nitrogen and oxygen atoms in total. The number of aromatic nitrogens is 2. The minimum Gasteiger partial charge on any atom is -0.368 e. The summed E-state index contributed by atoms with van der Waals surface area (Å²) in [6.45, 7) is 2.52. The average molecular weight is 312 g/mol. The van der Waals surface area contributed by atoms with Crippen molar-refractivity contribution in [2.45, 2.75) is 32.4 Å². The van der Waals surface area contributed by atoms with Crippen LogP contribution in [0.15, 0.2) is 36.7 Å². The summed E-state index contributed by atoms with van der Waals surface area (Å²) in [4.78, 5) is 23.2. The Bertz CT molecular complexity index is 734. The molecule has 3 rings (SSSR count). The van der Waals surface area contributed by atoms with Crippen molar-refractivity contribution in [3.8, 4) is 11.1 Å². The van der Waals surface area contributed by atoms with E-state index in [1.807, 2.05) is 29.2 Å². The Hall–Kier alpha value is -2.63. The fourth-order valence-corrected chi connectivity index (χ4v) is 2.37. The van der Waals surface area contributed by atoms with E-state index >= 15 is 0 Å². The van der Waals surface area contributed by atoms with Gasteiger partial charge in [0.1, 0.15) is 6.04 Å². The van der Waals surface area contributed by atoms with Crippen molar-refractivity contribution in [3.63, 3.8) is 0 Å². The molecule has 1 heterocycles. The SMILES string of the molecule is C[C@H](NC(=O)c1cccc(-c2cnn(CC3CC3)c2)c1)C(N)=O. The van der Waals surface area contributed by atoms with Gasteiger partial charge in [-0.1, -0.05) is 12.1 Å². The van der Waals surface area contributed by atoms with Gasteiger partial charge in [0, 0.05) is 23.9 Å². The zero-order valence-electron chi connectivity index (χ0n) is 13.0. The highest BCUT2D eigenvalue weighted by atomic mass is 16.2. The molecule has 3 N–H and O–H groups in total. The molecular weight excluding hydrogens is 292 g/mol. The minimum atomic E-state index is -0.701. The third-order valence-electron chi connectivity index (χ3n) is 4.01. The highest BCUT2D eigenvalue weighted by Crippen LogP contribution is 2.31. The van der Waals surface area contributed by atoms with Crippen molar-refractivity contribution >= 4 is 11.8 Å². The molecule has 2 amide bonds. The first-order valence-electron chi connectivity index (χ1n) is 7.76. The Balaban J connectivity index is 1.74. The van der Waals surface area contributed by atoms with Crippen molar-refractivity contribution in [3.05, 3.63) is 42.2 Å². The predicted octanol–water partition coefficient (Wildman–Crippen LogP) is 1.56. The molecule has 0 radical (unpaired) electrons. The largest absolute Gasteiger partial charge is 0.368 e. The maximum atomic E-state index is 12.2. The number of rotatable bonds is 6. The molecule has 1 atom stereocenters. The van der Waals surface area contributed by atoms with Gasteiger partial charge >= 0.3 is 0 Å². The van der Waals surface area contributed by atoms with E-state index in [0.717, 1.165) is 23.6 Å². The molecular formula is C17H20N4O2. The van der Waals surface area contributed by atoms with E-state index in [0.29, 0.717) is 5.56 Å². The zero-order chi connectivity index (χ0) is 16.4. The molecule has 1 aliphatic rings. The summed E-state index contributed by atoms with van der Waals surface area (Å²) >= 11 is 0. The van der Waals surface area contributed by atoms with E-state index in [9.17, 15) is 9.59 Å². The maximum absolute atomic E-state index is 12.2. The van der Waals surface area contributed by atoms with E-state index in [1.165, 1.54) is 12.8 Å². The molecule has 2 aromatic rings. The van der Waals surface area contributed by atoms with Gasteiger partial charge in [0.25, 0.3) is 5.91 Å². The van der Waals surface area contributed by atoms with E-state index in [1.54, 1.807) is 19.1 Å². The molecule has 1 fully saturated rings. The Morgan fingerprint density at radius 3 is 2.87 bits per heavy atom. The van der Waals surface area contributed by atoms with Crippen LogP contribution in [0.5, 0.6) is 0 Å². The monoisotopic (exact) mass is 312 g/mol. The molecule has 6 heteroatoms. The molecule has 0 saturated heterocycles. The summed E-state index contributed by atoms with van der Waals surface area (Å²) in [5.74, 6) is -0.116. The summed E-state index contributed by atoms with van der Waals surface area (Å²) in [6.07, 6.45) is 6.37. The first-order chi connectivity index (χ1) is 11.0. The summed E-state index contributed by atoms with van der Waals surface area (Å²) < 4.78 is 1.95. The Morgan fingerprint density at radius 1 is 1.39 bits per heavy atom. The van der Waals surface area contributed by atoms with Crippen LogP contribution in [0.25, 0.3) is 11.1 Å². The molecule has 1 aliphatic carbocycles. The van der Waals surface area contributed by atoms with Crippen LogP contribution in [0, 0.1) is 5.92 Å². The molecule has 0 aliphatic heterocycles. The Morgan fingerprint density at radius 2 is 2.17 bits per heavy atom. The standard InChI is InChI=1S/C17H20N4O2/c1-11(16(18)22)20-17(23)14-4-2-3-13(7-14)15-8-19-21(10-15)9-12-5-6-12/h2-4,7-8,10-12H,5-6,9H2,1H3,(H2,18,22)(H,20,23)/t11-/m0/s1. The number of nitrogens with one attached hydrogen (secondary N) is 1. The van der Waals surface area contributed by atoms with E-state index in [4.69, 9.17) is 5.73 Å². The summed E-state index contributed by atoms with van der Waals surface area (Å²) in [5.41, 5.74) is 7.56. The fraction of sp³-hybridized carbons (Fsp3) is 0.353. The number of benzene rings is 1. The third kappa shape index (κ3) is 3.77. The van der Waals surface area contributed by atoms with Crippen molar-refractivity contribution in [2.24, 2.45) is 11.7 Å². The second-order valence-corrected chi connectivity index (χ2v) is 6.07. The van der Waals surface area contributed by atoms with Gasteiger partial charge in [-0.05, 0) is 43.4 Å². The first kappa shape index (κ1) is 15.3. The van der Waals surface area contributed by atoms with Crippen LogP contribution in [-0.2, 0) is 11.3 Å². The highest BCUT2D eigenvalue weighted by Gasteiger charge is 2.22. The summed E-state index contributed by atoms with van der Waals surface area (Å²) in [6, 6.07) is 6.56. The van der Waals surface area contributed by atoms with Crippen molar-refractivity contribution in [1.82, 2.24) is 15.1 Å². The molecule has 0 bridgehead atoms. The van der Waals surface area contributed by atoms with Crippen LogP contribution >= 0.6 is 0 Å². The molecule has 23 heavy (non-hydrogen) atoms. The topological polar surface area (TPSA) is 90.0 Å². The average Bonchev–Trinajstić information content (AvgIpc) is 3.22. The lowest BCUT2D eigenvalue weighted by Gasteiger charge is -2.10. The third-order valence-corrected chi connectivity index (χ3v) is 4.01. The predicted molar refractivity (Wildman–Crippen MR) is 86.5 cm³/mol. The van der Waals surface area contributed by atoms with Crippen LogP contribution in [0.3, 0.4) is 0 Å². The summed E-state index contributed by atoms with van der Waals surface area (Å²) in [5, 5.41) is 6.95. The van der Waals surface area contributed by atoms with E-state index < -0.39 is 11.9 Å². The lowest BCUT2D eigenvalue weighted by molar-refractivity contribution is -0.119. The van der Waals surface area contributed by atoms with Gasteiger partial charge in [-0.2, -0.15) is 5.10 Å². The van der Waals surface area contributed by atoms with Crippen LogP contribution in [-0.4, -0.2) is 27.6 Å². The number of nitrogens with two attached hydrogens (primary N) is 1. The Kier molecular flexibility index (Phi) is 4.14. The van der Waals surface area contributed by atoms with Crippen LogP contribution in [0.4, 0.5) is 0 Å².